The molecule has 0 aromatic rings. The van der Waals surface area contributed by atoms with Gasteiger partial charge >= 0.3 is 30.9 Å². The maximum absolute atomic E-state index is 12.9. The average molecular weight is 1090 g/mol. The molecule has 0 saturated heterocycles. The largest absolute Gasteiger partial charge is 0.400 e. The molecule has 71 heavy (non-hydrogen) atoms. The Balaban J connectivity index is -0.000000106. The molecule has 0 aromatic carbocycles. The van der Waals surface area contributed by atoms with Gasteiger partial charge in [-0.05, 0) is 103 Å². The van der Waals surface area contributed by atoms with Crippen LogP contribution in [0.5, 0.6) is 0 Å². The average Bonchev–Trinajstić information content (AvgIpc) is 3.16. The van der Waals surface area contributed by atoms with E-state index in [1.165, 1.54) is 48.0 Å². The molecule has 20 heteroatoms. The first-order valence-corrected chi connectivity index (χ1v) is 24.7. The lowest BCUT2D eigenvalue weighted by molar-refractivity contribution is -0.285. The fraction of sp³-hybridized carbons (Fsp3) is 1.00. The molecule has 1 saturated carbocycles. The van der Waals surface area contributed by atoms with Gasteiger partial charge in [-0.1, -0.05) is 137 Å². The van der Waals surface area contributed by atoms with Gasteiger partial charge in [0.15, 0.2) is 5.92 Å². The number of rotatable bonds is 10. The van der Waals surface area contributed by atoms with Gasteiger partial charge < -0.3 is 0 Å². The highest BCUT2D eigenvalue weighted by atomic mass is 19.4. The van der Waals surface area contributed by atoms with Crippen molar-refractivity contribution in [3.05, 3.63) is 0 Å². The zero-order chi connectivity index (χ0) is 59.7. The van der Waals surface area contributed by atoms with Crippen molar-refractivity contribution in [1.29, 1.82) is 0 Å². The van der Waals surface area contributed by atoms with Gasteiger partial charge in [0.2, 0.25) is 5.92 Å². The molecule has 1 fully saturated rings. The first kappa shape index (κ1) is 86.3. The summed E-state index contributed by atoms with van der Waals surface area (Å²) in [5.41, 5.74) is -3.47. The smallest absolute Gasteiger partial charge is 0.245 e. The van der Waals surface area contributed by atoms with E-state index in [2.05, 4.69) is 20.8 Å². The summed E-state index contributed by atoms with van der Waals surface area (Å²) < 4.78 is 235. The van der Waals surface area contributed by atoms with Crippen LogP contribution >= 0.6 is 0 Å². The summed E-state index contributed by atoms with van der Waals surface area (Å²) in [6, 6.07) is 0. The molecule has 2 unspecified atom stereocenters. The summed E-state index contributed by atoms with van der Waals surface area (Å²) in [4.78, 5) is 0. The van der Waals surface area contributed by atoms with Crippen LogP contribution in [0.25, 0.3) is 0 Å². The first-order valence-electron chi connectivity index (χ1n) is 24.7. The van der Waals surface area contributed by atoms with Gasteiger partial charge in [-0.25, -0.2) is 22.0 Å². The molecule has 442 valence electrons. The van der Waals surface area contributed by atoms with Gasteiger partial charge in [0, 0.05) is 25.2 Å². The molecule has 0 N–H and O–H groups in total. The Hall–Kier alpha value is -1.40. The van der Waals surface area contributed by atoms with Crippen molar-refractivity contribution in [3.8, 4) is 0 Å². The van der Waals surface area contributed by atoms with Crippen LogP contribution in [0.1, 0.15) is 236 Å². The van der Waals surface area contributed by atoms with Crippen molar-refractivity contribution in [3.63, 3.8) is 0 Å². The van der Waals surface area contributed by atoms with Crippen LogP contribution in [0.3, 0.4) is 0 Å². The van der Waals surface area contributed by atoms with Crippen molar-refractivity contribution in [2.24, 2.45) is 40.9 Å². The molecule has 0 heterocycles. The molecule has 0 aromatic heterocycles. The summed E-state index contributed by atoms with van der Waals surface area (Å²) >= 11 is 0. The van der Waals surface area contributed by atoms with Crippen LogP contribution in [0.2, 0.25) is 0 Å². The molecule has 1 rings (SSSR count). The predicted octanol–water partition coefficient (Wildman–Crippen LogP) is 23.7. The molecular formula is C51H98F20. The van der Waals surface area contributed by atoms with Crippen LogP contribution < -0.4 is 0 Å². The normalized spacial score (nSPS) is 15.8. The number of hydrogen-bond donors (Lipinski definition) is 0. The summed E-state index contributed by atoms with van der Waals surface area (Å²) in [5, 5.41) is 0. The molecule has 2 atom stereocenters. The molecule has 0 nitrogen and oxygen atoms in total. The molecular weight excluding hydrogens is 993 g/mol. The minimum absolute atomic E-state index is 0.105. The van der Waals surface area contributed by atoms with Crippen molar-refractivity contribution in [1.82, 2.24) is 0 Å². The molecule has 1 aliphatic rings. The monoisotopic (exact) mass is 1090 g/mol. The van der Waals surface area contributed by atoms with Crippen LogP contribution in [-0.2, 0) is 0 Å². The maximum atomic E-state index is 12.9. The second-order valence-electron chi connectivity index (χ2n) is 21.1. The van der Waals surface area contributed by atoms with E-state index in [9.17, 15) is 87.8 Å². The van der Waals surface area contributed by atoms with Crippen LogP contribution in [0, 0.1) is 40.9 Å². The Morgan fingerprint density at radius 3 is 0.845 bits per heavy atom. The summed E-state index contributed by atoms with van der Waals surface area (Å²) in [5.74, 6) is -6.32. The summed E-state index contributed by atoms with van der Waals surface area (Å²) in [6.07, 6.45) is -18.5. The summed E-state index contributed by atoms with van der Waals surface area (Å²) in [7, 11) is 0. The Bertz CT molecular complexity index is 1130. The van der Waals surface area contributed by atoms with Crippen LogP contribution in [0.15, 0.2) is 0 Å². The molecule has 1 aliphatic carbocycles. The second-order valence-corrected chi connectivity index (χ2v) is 21.1. The van der Waals surface area contributed by atoms with Crippen LogP contribution in [0.4, 0.5) is 87.8 Å². The lowest BCUT2D eigenvalue weighted by atomic mass is 9.86. The van der Waals surface area contributed by atoms with E-state index in [0.717, 1.165) is 19.8 Å². The fourth-order valence-electron chi connectivity index (χ4n) is 3.54. The van der Waals surface area contributed by atoms with E-state index in [4.69, 9.17) is 0 Å². The predicted molar refractivity (Wildman–Crippen MR) is 255 cm³/mol. The molecule has 0 spiro atoms. The van der Waals surface area contributed by atoms with E-state index in [1.54, 1.807) is 34.6 Å². The minimum atomic E-state index is -5.17. The standard InChI is InChI=1S/C7H13F3.C7H12F2.C7H15F.C6H8F6.C6H13F.C5H9F3.C5H12.C4H7F3.C4H9F/c1-4-6(2,3)5-7(8,9)10;1-6-2-4-7(8,9)5-3-6;1-5-7(4,8)6(2)3;1-2-3-4(5(7,8)9)6(10,11)12;1-4-6(3,7)5-2;1-3-4(2)5(6,7)8;1-4-5(2)3;1-3(2)4(5,6)7;1-4(2,3)5/h4-5H2,1-3H3;6H,2-5H2,1H3;6H,5H2,1-4H3;4H,2-3H2,1H3;4-5H2,1-3H3;4H,3H2,1-2H3;5H,4H2,1-3H3;3H,1-2H3;1-3H3. The quantitative estimate of drug-likeness (QED) is 0.191. The Labute approximate surface area is 417 Å². The Kier molecular flexibility index (Phi) is 47.5. The van der Waals surface area contributed by atoms with Crippen molar-refractivity contribution in [2.75, 3.05) is 0 Å². The number of halogens is 20. The zero-order valence-corrected chi connectivity index (χ0v) is 47.2. The highest BCUT2D eigenvalue weighted by molar-refractivity contribution is 4.76. The fourth-order valence-corrected chi connectivity index (χ4v) is 3.54. The number of hydrogen-bond acceptors (Lipinski definition) is 0. The van der Waals surface area contributed by atoms with Crippen LogP contribution in [-0.4, -0.2) is 53.8 Å². The molecule has 0 bridgehead atoms. The first-order chi connectivity index (χ1) is 30.9. The molecule has 0 aliphatic heterocycles. The van der Waals surface area contributed by atoms with Gasteiger partial charge in [0.1, 0.15) is 17.0 Å². The van der Waals surface area contributed by atoms with Crippen molar-refractivity contribution >= 4 is 0 Å². The van der Waals surface area contributed by atoms with E-state index < -0.39 is 89.8 Å². The van der Waals surface area contributed by atoms with Gasteiger partial charge in [0.25, 0.3) is 0 Å². The third-order valence-corrected chi connectivity index (χ3v) is 11.0. The Morgan fingerprint density at radius 2 is 0.775 bits per heavy atom. The molecule has 0 amide bonds. The zero-order valence-electron chi connectivity index (χ0n) is 47.2. The number of alkyl halides is 20. The van der Waals surface area contributed by atoms with E-state index >= 15 is 0 Å². The highest BCUT2D eigenvalue weighted by Crippen LogP contribution is 2.42. The van der Waals surface area contributed by atoms with Crippen molar-refractivity contribution in [2.45, 2.75) is 290 Å². The van der Waals surface area contributed by atoms with E-state index in [1.807, 2.05) is 41.5 Å². The van der Waals surface area contributed by atoms with E-state index in [0.29, 0.717) is 44.4 Å². The second kappa shape index (κ2) is 39.0. The lowest BCUT2D eigenvalue weighted by Crippen LogP contribution is -2.36. The highest BCUT2D eigenvalue weighted by Gasteiger charge is 2.55. The third kappa shape index (κ3) is 70.7. The van der Waals surface area contributed by atoms with Crippen molar-refractivity contribution < 1.29 is 87.8 Å². The topological polar surface area (TPSA) is 0 Å². The van der Waals surface area contributed by atoms with E-state index in [-0.39, 0.29) is 31.6 Å². The SMILES string of the molecule is CC(C)(C)F.CC(C)C(F)(F)F.CC1CCC(F)(F)CC1.CCC(C)(C)CC(F)(F)F.CCC(C)(F)C(C)C.CCC(C)(F)CC.CCC(C)C.CCC(C)C(F)(F)F.CCCC(C(F)(F)F)C(F)(F)F. The van der Waals surface area contributed by atoms with Gasteiger partial charge in [-0.3, -0.25) is 0 Å². The third-order valence-electron chi connectivity index (χ3n) is 11.0. The molecule has 0 radical (unpaired) electrons. The van der Waals surface area contributed by atoms with Gasteiger partial charge in [0.05, 0.1) is 5.92 Å². The minimum Gasteiger partial charge on any atom is -0.245 e. The maximum Gasteiger partial charge on any atom is 0.400 e. The van der Waals surface area contributed by atoms with Gasteiger partial charge in [-0.2, -0.15) is 65.9 Å². The Morgan fingerprint density at radius 1 is 0.465 bits per heavy atom. The summed E-state index contributed by atoms with van der Waals surface area (Å²) in [6.45, 7) is 37.2. The van der Waals surface area contributed by atoms with Gasteiger partial charge in [-0.15, -0.1) is 0 Å². The lowest BCUT2D eigenvalue weighted by Gasteiger charge is -2.25.